The number of furan rings is 1. The Bertz CT molecular complexity index is 874. The SMILES string of the molecule is NC(=O)c1ccc(Sc2nnc(-c3ccco3)o2)c([N+](=O)[O-])c1. The molecule has 0 aliphatic heterocycles. The van der Waals surface area contributed by atoms with E-state index in [1.807, 2.05) is 0 Å². The maximum atomic E-state index is 11.1. The van der Waals surface area contributed by atoms with Gasteiger partial charge in [-0.25, -0.2) is 0 Å². The van der Waals surface area contributed by atoms with Crippen LogP contribution in [0.4, 0.5) is 5.69 Å². The number of amides is 1. The Kier molecular flexibility index (Phi) is 3.81. The summed E-state index contributed by atoms with van der Waals surface area (Å²) in [6, 6.07) is 7.21. The third-order valence-electron chi connectivity index (χ3n) is 2.78. The Balaban J connectivity index is 1.91. The lowest BCUT2D eigenvalue weighted by Crippen LogP contribution is -2.11. The zero-order valence-electron chi connectivity index (χ0n) is 11.3. The van der Waals surface area contributed by atoms with Crippen LogP contribution in [0.2, 0.25) is 0 Å². The second-order valence-electron chi connectivity index (χ2n) is 4.26. The predicted octanol–water partition coefficient (Wildman–Crippen LogP) is 2.49. The number of rotatable bonds is 5. The molecule has 2 N–H and O–H groups in total. The summed E-state index contributed by atoms with van der Waals surface area (Å²) in [7, 11) is 0. The quantitative estimate of drug-likeness (QED) is 0.555. The Labute approximate surface area is 132 Å². The molecule has 9 nitrogen and oxygen atoms in total. The molecule has 0 unspecified atom stereocenters. The van der Waals surface area contributed by atoms with Crippen LogP contribution in [0.5, 0.6) is 0 Å². The Morgan fingerprint density at radius 2 is 2.13 bits per heavy atom. The lowest BCUT2D eigenvalue weighted by atomic mass is 10.2. The number of primary amides is 1. The molecule has 0 aliphatic rings. The molecule has 0 radical (unpaired) electrons. The molecule has 0 atom stereocenters. The normalized spacial score (nSPS) is 10.6. The summed E-state index contributed by atoms with van der Waals surface area (Å²) in [5.74, 6) is -0.195. The van der Waals surface area contributed by atoms with E-state index < -0.39 is 10.8 Å². The molecule has 0 saturated heterocycles. The molecule has 2 aromatic heterocycles. The highest BCUT2D eigenvalue weighted by Gasteiger charge is 2.20. The highest BCUT2D eigenvalue weighted by molar-refractivity contribution is 7.99. The third-order valence-corrected chi connectivity index (χ3v) is 3.68. The number of hydrogen-bond acceptors (Lipinski definition) is 8. The van der Waals surface area contributed by atoms with E-state index in [0.717, 1.165) is 17.8 Å². The van der Waals surface area contributed by atoms with Crippen molar-refractivity contribution in [3.8, 4) is 11.7 Å². The minimum absolute atomic E-state index is 0.0443. The fourth-order valence-electron chi connectivity index (χ4n) is 1.74. The van der Waals surface area contributed by atoms with Gasteiger partial charge < -0.3 is 14.6 Å². The third kappa shape index (κ3) is 3.06. The fraction of sp³-hybridized carbons (Fsp3) is 0. The van der Waals surface area contributed by atoms with E-state index in [0.29, 0.717) is 5.76 Å². The van der Waals surface area contributed by atoms with Gasteiger partial charge in [-0.15, -0.1) is 10.2 Å². The average Bonchev–Trinajstić information content (AvgIpc) is 3.17. The summed E-state index contributed by atoms with van der Waals surface area (Å²) in [5.41, 5.74) is 4.89. The van der Waals surface area contributed by atoms with E-state index in [1.165, 1.54) is 18.4 Å². The van der Waals surface area contributed by atoms with Gasteiger partial charge in [-0.2, -0.15) is 0 Å². The van der Waals surface area contributed by atoms with Crippen molar-refractivity contribution >= 4 is 23.4 Å². The molecule has 116 valence electrons. The van der Waals surface area contributed by atoms with Crippen molar-refractivity contribution in [2.45, 2.75) is 10.1 Å². The zero-order valence-corrected chi connectivity index (χ0v) is 12.1. The molecule has 3 rings (SSSR count). The van der Waals surface area contributed by atoms with Gasteiger partial charge in [0.25, 0.3) is 16.8 Å². The van der Waals surface area contributed by atoms with Crippen molar-refractivity contribution in [1.82, 2.24) is 10.2 Å². The van der Waals surface area contributed by atoms with E-state index >= 15 is 0 Å². The van der Waals surface area contributed by atoms with Crippen LogP contribution in [-0.2, 0) is 0 Å². The Morgan fingerprint density at radius 3 is 2.78 bits per heavy atom. The smallest absolute Gasteiger partial charge is 0.284 e. The van der Waals surface area contributed by atoms with Crippen LogP contribution in [-0.4, -0.2) is 21.0 Å². The number of nitro groups is 1. The summed E-state index contributed by atoms with van der Waals surface area (Å²) >= 11 is 0.905. The maximum absolute atomic E-state index is 11.1. The van der Waals surface area contributed by atoms with Crippen molar-refractivity contribution < 1.29 is 18.6 Å². The van der Waals surface area contributed by atoms with Gasteiger partial charge in [-0.05, 0) is 36.0 Å². The summed E-state index contributed by atoms with van der Waals surface area (Å²) in [4.78, 5) is 21.9. The van der Waals surface area contributed by atoms with Crippen molar-refractivity contribution in [2.24, 2.45) is 5.73 Å². The lowest BCUT2D eigenvalue weighted by molar-refractivity contribution is -0.387. The van der Waals surface area contributed by atoms with Crippen molar-refractivity contribution in [1.29, 1.82) is 0 Å². The van der Waals surface area contributed by atoms with Gasteiger partial charge in [-0.1, -0.05) is 0 Å². The predicted molar refractivity (Wildman–Crippen MR) is 77.7 cm³/mol. The highest BCUT2D eigenvalue weighted by Crippen LogP contribution is 2.35. The van der Waals surface area contributed by atoms with Crippen molar-refractivity contribution in [2.75, 3.05) is 0 Å². The van der Waals surface area contributed by atoms with E-state index in [1.54, 1.807) is 12.1 Å². The van der Waals surface area contributed by atoms with Gasteiger partial charge in [0.1, 0.15) is 0 Å². The van der Waals surface area contributed by atoms with Gasteiger partial charge in [0.2, 0.25) is 5.91 Å². The van der Waals surface area contributed by atoms with Crippen molar-refractivity contribution in [3.05, 3.63) is 52.3 Å². The fourth-order valence-corrected chi connectivity index (χ4v) is 2.51. The van der Waals surface area contributed by atoms with Crippen LogP contribution in [0.25, 0.3) is 11.7 Å². The summed E-state index contributed by atoms with van der Waals surface area (Å²) < 4.78 is 10.5. The van der Waals surface area contributed by atoms with Gasteiger partial charge in [0.05, 0.1) is 16.1 Å². The molecule has 3 aromatic rings. The molecule has 10 heteroatoms. The largest absolute Gasteiger partial charge is 0.459 e. The number of nitrogens with zero attached hydrogens (tertiary/aromatic N) is 3. The molecule has 0 saturated carbocycles. The van der Waals surface area contributed by atoms with Gasteiger partial charge >= 0.3 is 0 Å². The van der Waals surface area contributed by atoms with Gasteiger partial charge in [0.15, 0.2) is 5.76 Å². The van der Waals surface area contributed by atoms with E-state index in [9.17, 15) is 14.9 Å². The van der Waals surface area contributed by atoms with Crippen LogP contribution in [0.3, 0.4) is 0 Å². The van der Waals surface area contributed by atoms with Gasteiger partial charge in [0, 0.05) is 11.6 Å². The molecular weight excluding hydrogens is 324 g/mol. The second-order valence-corrected chi connectivity index (χ2v) is 5.25. The van der Waals surface area contributed by atoms with Crippen LogP contribution < -0.4 is 5.73 Å². The molecule has 0 spiro atoms. The number of hydrogen-bond donors (Lipinski definition) is 1. The molecule has 1 amide bonds. The molecule has 2 heterocycles. The first-order valence-electron chi connectivity index (χ1n) is 6.18. The van der Waals surface area contributed by atoms with Crippen LogP contribution in [0.15, 0.2) is 55.5 Å². The standard InChI is InChI=1S/C13H8N4O5S/c14-11(18)7-3-4-10(8(6-7)17(19)20)23-13-16-15-12(22-13)9-2-1-5-21-9/h1-6H,(H2,14,18). The van der Waals surface area contributed by atoms with Crippen LogP contribution >= 0.6 is 11.8 Å². The molecule has 0 fully saturated rings. The lowest BCUT2D eigenvalue weighted by Gasteiger charge is -2.01. The van der Waals surface area contributed by atoms with Crippen LogP contribution in [0.1, 0.15) is 10.4 Å². The molecular formula is C13H8N4O5S. The minimum atomic E-state index is -0.748. The number of carbonyl (C=O) groups is 1. The van der Waals surface area contributed by atoms with E-state index in [4.69, 9.17) is 14.6 Å². The summed E-state index contributed by atoms with van der Waals surface area (Å²) in [6.07, 6.45) is 1.46. The number of carbonyl (C=O) groups excluding carboxylic acids is 1. The van der Waals surface area contributed by atoms with E-state index in [2.05, 4.69) is 10.2 Å². The first kappa shape index (κ1) is 14.8. The maximum Gasteiger partial charge on any atom is 0.284 e. The molecule has 23 heavy (non-hydrogen) atoms. The zero-order chi connectivity index (χ0) is 16.4. The van der Waals surface area contributed by atoms with Gasteiger partial charge in [-0.3, -0.25) is 14.9 Å². The average molecular weight is 332 g/mol. The highest BCUT2D eigenvalue weighted by atomic mass is 32.2. The topological polar surface area (TPSA) is 138 Å². The molecule has 0 aliphatic carbocycles. The second kappa shape index (κ2) is 5.93. The number of aromatic nitrogens is 2. The van der Waals surface area contributed by atoms with Crippen molar-refractivity contribution in [3.63, 3.8) is 0 Å². The number of nitrogens with two attached hydrogens (primary N) is 1. The molecule has 0 bridgehead atoms. The Morgan fingerprint density at radius 1 is 1.30 bits per heavy atom. The Hall–Kier alpha value is -3.14. The number of benzene rings is 1. The minimum Gasteiger partial charge on any atom is -0.459 e. The molecule has 1 aromatic carbocycles. The van der Waals surface area contributed by atoms with E-state index in [-0.39, 0.29) is 27.3 Å². The van der Waals surface area contributed by atoms with Crippen LogP contribution in [0, 0.1) is 10.1 Å². The summed E-state index contributed by atoms with van der Waals surface area (Å²) in [6.45, 7) is 0. The first-order chi connectivity index (χ1) is 11.0. The number of nitro benzene ring substituents is 1. The monoisotopic (exact) mass is 332 g/mol. The first-order valence-corrected chi connectivity index (χ1v) is 6.99. The summed E-state index contributed by atoms with van der Waals surface area (Å²) in [5, 5.41) is 18.8.